The number of hydrogen-bond donors (Lipinski definition) is 2. The third kappa shape index (κ3) is 5.54. The van der Waals surface area contributed by atoms with Gasteiger partial charge in [0.05, 0.1) is 11.9 Å². The SMILES string of the molecule is CC(C)c1cc(=O)[nH]c(N/N=C\c2ccc(OCc3ccccc3)cc2)n1. The van der Waals surface area contributed by atoms with Crippen LogP contribution in [0.2, 0.25) is 0 Å². The predicted octanol–water partition coefficient (Wildman–Crippen LogP) is 3.92. The Balaban J connectivity index is 1.57. The van der Waals surface area contributed by atoms with Gasteiger partial charge in [0.25, 0.3) is 5.56 Å². The van der Waals surface area contributed by atoms with Crippen LogP contribution in [0.1, 0.15) is 36.6 Å². The lowest BCUT2D eigenvalue weighted by Crippen LogP contribution is -2.12. The number of aromatic nitrogens is 2. The van der Waals surface area contributed by atoms with Gasteiger partial charge >= 0.3 is 0 Å². The first-order chi connectivity index (χ1) is 13.1. The van der Waals surface area contributed by atoms with Crippen molar-refractivity contribution in [3.63, 3.8) is 0 Å². The number of anilines is 1. The van der Waals surface area contributed by atoms with Crippen molar-refractivity contribution < 1.29 is 4.74 Å². The third-order valence-corrected chi connectivity index (χ3v) is 3.87. The van der Waals surface area contributed by atoms with E-state index in [9.17, 15) is 4.79 Å². The number of hydrazone groups is 1. The molecule has 0 fully saturated rings. The monoisotopic (exact) mass is 362 g/mol. The maximum atomic E-state index is 11.6. The molecular formula is C21H22N4O2. The minimum Gasteiger partial charge on any atom is -0.489 e. The standard InChI is InChI=1S/C21H22N4O2/c1-15(2)19-12-20(26)24-21(23-19)25-22-13-16-8-10-18(11-9-16)27-14-17-6-4-3-5-7-17/h3-13,15H,14H2,1-2H3,(H2,23,24,25,26)/b22-13-. The Bertz CT molecular complexity index is 948. The van der Waals surface area contributed by atoms with Crippen LogP contribution in [-0.4, -0.2) is 16.2 Å². The van der Waals surface area contributed by atoms with Crippen molar-refractivity contribution in [2.75, 3.05) is 5.43 Å². The average Bonchev–Trinajstić information content (AvgIpc) is 2.68. The van der Waals surface area contributed by atoms with Crippen molar-refractivity contribution in [1.82, 2.24) is 9.97 Å². The molecule has 6 heteroatoms. The van der Waals surface area contributed by atoms with Gasteiger partial charge in [0.15, 0.2) is 0 Å². The maximum Gasteiger partial charge on any atom is 0.252 e. The molecule has 3 rings (SSSR count). The van der Waals surface area contributed by atoms with E-state index in [1.165, 1.54) is 6.07 Å². The topological polar surface area (TPSA) is 79.4 Å². The van der Waals surface area contributed by atoms with Crippen molar-refractivity contribution in [3.05, 3.63) is 87.8 Å². The van der Waals surface area contributed by atoms with Crippen molar-refractivity contribution in [3.8, 4) is 5.75 Å². The number of rotatable bonds is 7. The Morgan fingerprint density at radius 2 is 1.89 bits per heavy atom. The molecular weight excluding hydrogens is 340 g/mol. The van der Waals surface area contributed by atoms with Gasteiger partial charge in [-0.05, 0) is 41.3 Å². The second-order valence-electron chi connectivity index (χ2n) is 6.39. The molecule has 27 heavy (non-hydrogen) atoms. The van der Waals surface area contributed by atoms with Gasteiger partial charge in [0.1, 0.15) is 12.4 Å². The maximum absolute atomic E-state index is 11.6. The fourth-order valence-corrected chi connectivity index (χ4v) is 2.38. The molecule has 3 aromatic rings. The molecule has 0 saturated carbocycles. The van der Waals surface area contributed by atoms with E-state index in [0.29, 0.717) is 12.6 Å². The Labute approximate surface area is 157 Å². The molecule has 0 saturated heterocycles. The summed E-state index contributed by atoms with van der Waals surface area (Å²) in [6.45, 7) is 4.49. The minimum atomic E-state index is -0.202. The van der Waals surface area contributed by atoms with Crippen LogP contribution in [0, 0.1) is 0 Å². The summed E-state index contributed by atoms with van der Waals surface area (Å²) in [4.78, 5) is 18.6. The van der Waals surface area contributed by atoms with Crippen LogP contribution in [0.4, 0.5) is 5.95 Å². The third-order valence-electron chi connectivity index (χ3n) is 3.87. The van der Waals surface area contributed by atoms with Crippen LogP contribution < -0.4 is 15.7 Å². The molecule has 2 aromatic carbocycles. The number of H-pyrrole nitrogens is 1. The van der Waals surface area contributed by atoms with E-state index in [1.54, 1.807) is 6.21 Å². The zero-order valence-corrected chi connectivity index (χ0v) is 15.3. The summed E-state index contributed by atoms with van der Waals surface area (Å²) in [5.41, 5.74) is 5.30. The van der Waals surface area contributed by atoms with Crippen molar-refractivity contribution in [1.29, 1.82) is 0 Å². The molecule has 1 aromatic heterocycles. The van der Waals surface area contributed by atoms with E-state index in [0.717, 1.165) is 22.6 Å². The Hall–Kier alpha value is -3.41. The van der Waals surface area contributed by atoms with Gasteiger partial charge in [-0.15, -0.1) is 0 Å². The molecule has 0 atom stereocenters. The van der Waals surface area contributed by atoms with E-state index in [-0.39, 0.29) is 11.5 Å². The molecule has 0 radical (unpaired) electrons. The summed E-state index contributed by atoms with van der Waals surface area (Å²) in [5, 5.41) is 4.13. The quantitative estimate of drug-likeness (QED) is 0.493. The number of aromatic amines is 1. The Morgan fingerprint density at radius 3 is 2.59 bits per heavy atom. The first-order valence-corrected chi connectivity index (χ1v) is 8.77. The van der Waals surface area contributed by atoms with Gasteiger partial charge < -0.3 is 4.74 Å². The lowest BCUT2D eigenvalue weighted by atomic mass is 10.1. The molecule has 0 amide bonds. The number of benzene rings is 2. The van der Waals surface area contributed by atoms with E-state index in [1.807, 2.05) is 68.4 Å². The van der Waals surface area contributed by atoms with Gasteiger partial charge in [0.2, 0.25) is 5.95 Å². The van der Waals surface area contributed by atoms with Crippen LogP contribution in [0.5, 0.6) is 5.75 Å². The Morgan fingerprint density at radius 1 is 1.15 bits per heavy atom. The van der Waals surface area contributed by atoms with Crippen molar-refractivity contribution >= 4 is 12.2 Å². The first kappa shape index (κ1) is 18.4. The van der Waals surface area contributed by atoms with Crippen molar-refractivity contribution in [2.45, 2.75) is 26.4 Å². The normalized spacial score (nSPS) is 11.1. The average molecular weight is 362 g/mol. The summed E-state index contributed by atoms with van der Waals surface area (Å²) >= 11 is 0. The molecule has 0 unspecified atom stereocenters. The van der Waals surface area contributed by atoms with Crippen LogP contribution >= 0.6 is 0 Å². The highest BCUT2D eigenvalue weighted by Gasteiger charge is 2.04. The summed E-state index contributed by atoms with van der Waals surface area (Å²) in [7, 11) is 0. The molecule has 138 valence electrons. The first-order valence-electron chi connectivity index (χ1n) is 8.77. The van der Waals surface area contributed by atoms with E-state index < -0.39 is 0 Å². The second-order valence-corrected chi connectivity index (χ2v) is 6.39. The summed E-state index contributed by atoms with van der Waals surface area (Å²) in [6.07, 6.45) is 1.66. The highest BCUT2D eigenvalue weighted by Crippen LogP contribution is 2.14. The van der Waals surface area contributed by atoms with Crippen LogP contribution in [-0.2, 0) is 6.61 Å². The molecule has 2 N–H and O–H groups in total. The smallest absolute Gasteiger partial charge is 0.252 e. The fraction of sp³-hybridized carbons (Fsp3) is 0.190. The van der Waals surface area contributed by atoms with Gasteiger partial charge in [-0.3, -0.25) is 9.78 Å². The number of hydrogen-bond acceptors (Lipinski definition) is 5. The zero-order valence-electron chi connectivity index (χ0n) is 15.3. The molecule has 0 aliphatic rings. The molecule has 1 heterocycles. The number of ether oxygens (including phenoxy) is 1. The molecule has 6 nitrogen and oxygen atoms in total. The van der Waals surface area contributed by atoms with Crippen LogP contribution in [0.3, 0.4) is 0 Å². The van der Waals surface area contributed by atoms with E-state index in [4.69, 9.17) is 4.74 Å². The van der Waals surface area contributed by atoms with E-state index in [2.05, 4.69) is 20.5 Å². The fourth-order valence-electron chi connectivity index (χ4n) is 2.38. The largest absolute Gasteiger partial charge is 0.489 e. The van der Waals surface area contributed by atoms with E-state index >= 15 is 0 Å². The molecule has 0 bridgehead atoms. The molecule has 0 aliphatic carbocycles. The van der Waals surface area contributed by atoms with Gasteiger partial charge in [-0.1, -0.05) is 44.2 Å². The summed E-state index contributed by atoms with van der Waals surface area (Å²) in [5.74, 6) is 1.28. The Kier molecular flexibility index (Phi) is 5.99. The van der Waals surface area contributed by atoms with Gasteiger partial charge in [-0.25, -0.2) is 10.4 Å². The summed E-state index contributed by atoms with van der Waals surface area (Å²) in [6, 6.07) is 19.1. The lowest BCUT2D eigenvalue weighted by molar-refractivity contribution is 0.306. The minimum absolute atomic E-state index is 0.167. The highest BCUT2D eigenvalue weighted by molar-refractivity contribution is 5.80. The second kappa shape index (κ2) is 8.80. The van der Waals surface area contributed by atoms with Crippen molar-refractivity contribution in [2.24, 2.45) is 5.10 Å². The zero-order chi connectivity index (χ0) is 19.1. The van der Waals surface area contributed by atoms with Crippen LogP contribution in [0.25, 0.3) is 0 Å². The van der Waals surface area contributed by atoms with Gasteiger partial charge in [-0.2, -0.15) is 5.10 Å². The molecule has 0 aliphatic heterocycles. The highest BCUT2D eigenvalue weighted by atomic mass is 16.5. The lowest BCUT2D eigenvalue weighted by Gasteiger charge is -2.06. The number of nitrogens with zero attached hydrogens (tertiary/aromatic N) is 2. The van der Waals surface area contributed by atoms with Crippen LogP contribution in [0.15, 0.2) is 70.6 Å². The summed E-state index contributed by atoms with van der Waals surface area (Å²) < 4.78 is 5.76. The van der Waals surface area contributed by atoms with Gasteiger partial charge in [0, 0.05) is 6.07 Å². The molecule has 0 spiro atoms. The predicted molar refractivity (Wildman–Crippen MR) is 107 cm³/mol. The number of nitrogens with one attached hydrogen (secondary N) is 2.